The van der Waals surface area contributed by atoms with E-state index in [0.717, 1.165) is 37.0 Å². The predicted molar refractivity (Wildman–Crippen MR) is 90.7 cm³/mol. The summed E-state index contributed by atoms with van der Waals surface area (Å²) >= 11 is 0. The second kappa shape index (κ2) is 7.41. The number of carbonyl (C=O) groups is 1. The van der Waals surface area contributed by atoms with Crippen molar-refractivity contribution in [3.05, 3.63) is 11.6 Å². The number of carbonyl (C=O) groups excluding carboxylic acids is 1. The van der Waals surface area contributed by atoms with Crippen LogP contribution < -0.4 is 5.32 Å². The largest absolute Gasteiger partial charge is 0.393 e. The number of hydrogen-bond donors (Lipinski definition) is 2. The van der Waals surface area contributed by atoms with Gasteiger partial charge in [-0.1, -0.05) is 12.8 Å². The van der Waals surface area contributed by atoms with Crippen LogP contribution in [0.2, 0.25) is 0 Å². The van der Waals surface area contributed by atoms with Crippen LogP contribution >= 0.6 is 0 Å². The minimum Gasteiger partial charge on any atom is -0.393 e. The Morgan fingerprint density at radius 1 is 1.32 bits per heavy atom. The topological polar surface area (TPSA) is 89.3 Å². The number of aliphatic hydroxyl groups excluding tert-OH is 1. The van der Waals surface area contributed by atoms with Gasteiger partial charge in [0.25, 0.3) is 0 Å². The number of ether oxygens (including phenoxy) is 1. The van der Waals surface area contributed by atoms with Crippen LogP contribution in [0, 0.1) is 11.8 Å². The van der Waals surface area contributed by atoms with E-state index in [1.54, 1.807) is 0 Å². The highest BCUT2D eigenvalue weighted by Gasteiger charge is 2.37. The van der Waals surface area contributed by atoms with Crippen molar-refractivity contribution < 1.29 is 14.6 Å². The molecule has 4 rings (SSSR count). The monoisotopic (exact) mass is 348 g/mol. The third kappa shape index (κ3) is 4.03. The minimum atomic E-state index is -0.385. The van der Waals surface area contributed by atoms with E-state index in [1.165, 1.54) is 19.3 Å². The molecule has 138 valence electrons. The van der Waals surface area contributed by atoms with Crippen molar-refractivity contribution in [2.75, 3.05) is 13.2 Å². The molecule has 3 aliphatic rings. The number of aromatic nitrogens is 3. The zero-order valence-electron chi connectivity index (χ0n) is 14.7. The van der Waals surface area contributed by atoms with Gasteiger partial charge < -0.3 is 19.7 Å². The van der Waals surface area contributed by atoms with Gasteiger partial charge in [-0.3, -0.25) is 4.79 Å². The maximum Gasteiger partial charge on any atom is 0.220 e. The van der Waals surface area contributed by atoms with Crippen molar-refractivity contribution in [1.82, 2.24) is 20.1 Å². The van der Waals surface area contributed by atoms with E-state index in [9.17, 15) is 9.90 Å². The Hall–Kier alpha value is -1.47. The van der Waals surface area contributed by atoms with Gasteiger partial charge in [-0.15, -0.1) is 10.2 Å². The van der Waals surface area contributed by atoms with Gasteiger partial charge in [-0.05, 0) is 31.6 Å². The normalized spacial score (nSPS) is 28.8. The van der Waals surface area contributed by atoms with Crippen molar-refractivity contribution in [3.63, 3.8) is 0 Å². The maximum atomic E-state index is 12.0. The Morgan fingerprint density at radius 2 is 2.20 bits per heavy atom. The lowest BCUT2D eigenvalue weighted by Crippen LogP contribution is -2.32. The van der Waals surface area contributed by atoms with Gasteiger partial charge in [0.15, 0.2) is 5.82 Å². The molecular weight excluding hydrogens is 320 g/mol. The smallest absolute Gasteiger partial charge is 0.220 e. The molecule has 2 heterocycles. The summed E-state index contributed by atoms with van der Waals surface area (Å²) in [5, 5.41) is 22.0. The van der Waals surface area contributed by atoms with Crippen LogP contribution in [0.1, 0.15) is 62.5 Å². The van der Waals surface area contributed by atoms with Crippen molar-refractivity contribution in [1.29, 1.82) is 0 Å². The average molecular weight is 348 g/mol. The molecule has 3 atom stereocenters. The predicted octanol–water partition coefficient (Wildman–Crippen LogP) is 1.36. The second-order valence-electron chi connectivity index (χ2n) is 7.81. The number of amides is 1. The van der Waals surface area contributed by atoms with Crippen LogP contribution in [0.3, 0.4) is 0 Å². The van der Waals surface area contributed by atoms with Crippen molar-refractivity contribution in [3.8, 4) is 0 Å². The van der Waals surface area contributed by atoms with Crippen molar-refractivity contribution in [2.24, 2.45) is 11.8 Å². The lowest BCUT2D eigenvalue weighted by atomic mass is 10.0. The van der Waals surface area contributed by atoms with Gasteiger partial charge in [0.05, 0.1) is 12.7 Å². The van der Waals surface area contributed by atoms with Crippen LogP contribution in [-0.2, 0) is 22.7 Å². The molecule has 2 aliphatic carbocycles. The molecule has 1 amide bonds. The number of aliphatic hydroxyl groups is 1. The zero-order chi connectivity index (χ0) is 17.2. The highest BCUT2D eigenvalue weighted by Crippen LogP contribution is 2.38. The quantitative estimate of drug-likeness (QED) is 0.777. The molecule has 7 heteroatoms. The lowest BCUT2D eigenvalue weighted by Gasteiger charge is -2.18. The van der Waals surface area contributed by atoms with E-state index in [2.05, 4.69) is 20.1 Å². The van der Waals surface area contributed by atoms with Crippen LogP contribution in [0.4, 0.5) is 0 Å². The van der Waals surface area contributed by atoms with E-state index >= 15 is 0 Å². The summed E-state index contributed by atoms with van der Waals surface area (Å²) in [6.45, 7) is 2.55. The molecule has 0 aromatic carbocycles. The van der Waals surface area contributed by atoms with Crippen molar-refractivity contribution in [2.45, 2.75) is 70.1 Å². The first-order chi connectivity index (χ1) is 12.2. The van der Waals surface area contributed by atoms with Gasteiger partial charge in [0.1, 0.15) is 12.4 Å². The standard InChI is InChI=1S/C18H28N4O3/c23-15-9-13(18-21-20-16-11-25-7-6-22(16)18)8-14(15)10-19-17(24)3-1-2-12-4-5-12/h12-15,23H,1-11H2,(H,19,24)/t13-,14+,15+/m0/s1. The average Bonchev–Trinajstić information content (AvgIpc) is 3.22. The molecule has 0 bridgehead atoms. The summed E-state index contributed by atoms with van der Waals surface area (Å²) < 4.78 is 7.55. The van der Waals surface area contributed by atoms with E-state index in [0.29, 0.717) is 32.6 Å². The summed E-state index contributed by atoms with van der Waals surface area (Å²) in [5.41, 5.74) is 0. The first-order valence-electron chi connectivity index (χ1n) is 9.65. The highest BCUT2D eigenvalue weighted by atomic mass is 16.5. The molecule has 0 saturated heterocycles. The molecule has 2 saturated carbocycles. The Balaban J connectivity index is 1.26. The summed E-state index contributed by atoms with van der Waals surface area (Å²) in [6.07, 6.45) is 6.63. The fourth-order valence-electron chi connectivity index (χ4n) is 4.14. The van der Waals surface area contributed by atoms with E-state index < -0.39 is 0 Å². The van der Waals surface area contributed by atoms with Crippen LogP contribution in [0.5, 0.6) is 0 Å². The summed E-state index contributed by atoms with van der Waals surface area (Å²) in [6, 6.07) is 0. The molecule has 1 aliphatic heterocycles. The third-order valence-corrected chi connectivity index (χ3v) is 5.84. The molecule has 1 aromatic rings. The molecule has 0 spiro atoms. The minimum absolute atomic E-state index is 0.102. The zero-order valence-corrected chi connectivity index (χ0v) is 14.7. The first kappa shape index (κ1) is 17.0. The fourth-order valence-corrected chi connectivity index (χ4v) is 4.14. The Labute approximate surface area is 148 Å². The molecule has 1 aromatic heterocycles. The van der Waals surface area contributed by atoms with E-state index in [4.69, 9.17) is 4.74 Å². The summed E-state index contributed by atoms with van der Waals surface area (Å²) in [5.74, 6) is 3.16. The van der Waals surface area contributed by atoms with Gasteiger partial charge in [0, 0.05) is 31.3 Å². The molecule has 25 heavy (non-hydrogen) atoms. The van der Waals surface area contributed by atoms with E-state index in [1.807, 2.05) is 0 Å². The van der Waals surface area contributed by atoms with Crippen molar-refractivity contribution >= 4 is 5.91 Å². The van der Waals surface area contributed by atoms with Crippen LogP contribution in [-0.4, -0.2) is 45.0 Å². The Morgan fingerprint density at radius 3 is 3.04 bits per heavy atom. The lowest BCUT2D eigenvalue weighted by molar-refractivity contribution is -0.121. The number of fused-ring (bicyclic) bond motifs is 1. The molecular formula is C18H28N4O3. The number of rotatable bonds is 7. The second-order valence-corrected chi connectivity index (χ2v) is 7.81. The fraction of sp³-hybridized carbons (Fsp3) is 0.833. The SMILES string of the molecule is O=C(CCCC1CC1)NC[C@H]1C[C@H](c2nnc3n2CCOC3)C[C@H]1O. The number of nitrogens with one attached hydrogen (secondary N) is 1. The van der Waals surface area contributed by atoms with Gasteiger partial charge in [0.2, 0.25) is 5.91 Å². The highest BCUT2D eigenvalue weighted by molar-refractivity contribution is 5.75. The van der Waals surface area contributed by atoms with Gasteiger partial charge in [-0.25, -0.2) is 0 Å². The number of nitrogens with zero attached hydrogens (tertiary/aromatic N) is 3. The molecule has 0 unspecified atom stereocenters. The molecule has 0 radical (unpaired) electrons. The Bertz CT molecular complexity index is 613. The number of hydrogen-bond acceptors (Lipinski definition) is 5. The van der Waals surface area contributed by atoms with Gasteiger partial charge in [-0.2, -0.15) is 0 Å². The van der Waals surface area contributed by atoms with E-state index in [-0.39, 0.29) is 23.8 Å². The summed E-state index contributed by atoms with van der Waals surface area (Å²) in [7, 11) is 0. The maximum absolute atomic E-state index is 12.0. The third-order valence-electron chi connectivity index (χ3n) is 5.84. The molecule has 7 nitrogen and oxygen atoms in total. The van der Waals surface area contributed by atoms with Gasteiger partial charge >= 0.3 is 0 Å². The summed E-state index contributed by atoms with van der Waals surface area (Å²) in [4.78, 5) is 12.0. The van der Waals surface area contributed by atoms with Crippen LogP contribution in [0.25, 0.3) is 0 Å². The molecule has 2 fully saturated rings. The first-order valence-corrected chi connectivity index (χ1v) is 9.65. The molecule has 2 N–H and O–H groups in total. The Kier molecular flexibility index (Phi) is 5.03. The van der Waals surface area contributed by atoms with Crippen LogP contribution in [0.15, 0.2) is 0 Å².